The van der Waals surface area contributed by atoms with Crippen molar-refractivity contribution in [3.8, 4) is 0 Å². The quantitative estimate of drug-likeness (QED) is 0.156. The van der Waals surface area contributed by atoms with Crippen LogP contribution in [0.5, 0.6) is 0 Å². The number of hydrogen-bond donors (Lipinski definition) is 0. The molecule has 1 saturated heterocycles. The first kappa shape index (κ1) is 28.2. The molecular weight excluding hydrogens is 503 g/mol. The Bertz CT molecular complexity index is 1480. The van der Waals surface area contributed by atoms with E-state index in [1.807, 2.05) is 42.5 Å². The van der Waals surface area contributed by atoms with Gasteiger partial charge in [-0.25, -0.2) is 0 Å². The van der Waals surface area contributed by atoms with Gasteiger partial charge in [0.25, 0.3) is 0 Å². The van der Waals surface area contributed by atoms with Crippen molar-refractivity contribution in [1.82, 2.24) is 0 Å². The second kappa shape index (κ2) is 11.7. The van der Waals surface area contributed by atoms with Gasteiger partial charge in [0.05, 0.1) is 11.2 Å². The molecule has 0 aliphatic carbocycles. The number of allylic oxidation sites excluding steroid dienone is 3. The average Bonchev–Trinajstić information content (AvgIpc) is 3.21. The molecule has 0 unspecified atom stereocenters. The van der Waals surface area contributed by atoms with Crippen LogP contribution in [-0.2, 0) is 9.31 Å². The highest BCUT2D eigenvalue weighted by molar-refractivity contribution is 6.62. The predicted octanol–water partition coefficient (Wildman–Crippen LogP) is 8.85. The van der Waals surface area contributed by atoms with E-state index in [9.17, 15) is 0 Å². The molecule has 0 N–H and O–H groups in total. The molecule has 0 bridgehead atoms. The largest absolute Gasteiger partial charge is 0.494 e. The van der Waals surface area contributed by atoms with Crippen molar-refractivity contribution in [3.05, 3.63) is 146 Å². The Morgan fingerprint density at radius 3 is 1.56 bits per heavy atom. The number of nitrogens with zero attached hydrogens (tertiary/aromatic N) is 2. The van der Waals surface area contributed by atoms with Gasteiger partial charge in [0.15, 0.2) is 0 Å². The summed E-state index contributed by atoms with van der Waals surface area (Å²) in [5.74, 6) is 0. The summed E-state index contributed by atoms with van der Waals surface area (Å²) in [6, 6.07) is 37.6. The molecule has 1 heterocycles. The molecule has 1 aliphatic heterocycles. The van der Waals surface area contributed by atoms with E-state index in [4.69, 9.17) is 9.31 Å². The highest BCUT2D eigenvalue weighted by atomic mass is 16.7. The van der Waals surface area contributed by atoms with Crippen LogP contribution >= 0.6 is 0 Å². The maximum absolute atomic E-state index is 6.56. The molecule has 0 aromatic heterocycles. The van der Waals surface area contributed by atoms with Crippen molar-refractivity contribution in [2.24, 2.45) is 0 Å². The van der Waals surface area contributed by atoms with Crippen molar-refractivity contribution in [2.45, 2.75) is 38.9 Å². The molecule has 0 amide bonds. The van der Waals surface area contributed by atoms with Crippen LogP contribution in [0.2, 0.25) is 0 Å². The number of benzene rings is 4. The SMILES string of the molecule is C=C/C=C(\C=C)N(c1ccccc1)c1cc(B2OC(C)(C)C(C)(C)O2)cc(N(c2ccccc2)c2ccccc2)c1. The Hall–Kier alpha value is -4.32. The summed E-state index contributed by atoms with van der Waals surface area (Å²) in [6.45, 7) is 16.4. The summed E-state index contributed by atoms with van der Waals surface area (Å²) in [5.41, 5.74) is 5.91. The fourth-order valence-electron chi connectivity index (χ4n) is 4.97. The van der Waals surface area contributed by atoms with Gasteiger partial charge in [-0.3, -0.25) is 0 Å². The standard InChI is InChI=1S/C36H37BN2O2/c1-7-18-29(8-2)38(30-19-12-9-13-20-30)33-25-28(37-40-35(3,4)36(5,6)41-37)26-34(27-33)39(31-21-14-10-15-22-31)32-23-16-11-17-24-32/h7-27H,1-2H2,3-6H3/b29-18+. The van der Waals surface area contributed by atoms with E-state index in [0.717, 1.165) is 39.6 Å². The first-order valence-corrected chi connectivity index (χ1v) is 14.0. The number of para-hydroxylation sites is 3. The fourth-order valence-corrected chi connectivity index (χ4v) is 4.97. The molecule has 206 valence electrons. The van der Waals surface area contributed by atoms with Crippen LogP contribution in [0.4, 0.5) is 28.4 Å². The van der Waals surface area contributed by atoms with Gasteiger partial charge in [0.2, 0.25) is 0 Å². The van der Waals surface area contributed by atoms with Crippen molar-refractivity contribution in [2.75, 3.05) is 9.80 Å². The van der Waals surface area contributed by atoms with E-state index in [1.165, 1.54) is 0 Å². The molecule has 0 radical (unpaired) electrons. The molecule has 5 rings (SSSR count). The van der Waals surface area contributed by atoms with Crippen LogP contribution in [0, 0.1) is 0 Å². The number of hydrogen-bond acceptors (Lipinski definition) is 4. The van der Waals surface area contributed by atoms with E-state index in [0.29, 0.717) is 0 Å². The Morgan fingerprint density at radius 1 is 0.634 bits per heavy atom. The third-order valence-corrected chi connectivity index (χ3v) is 7.77. The predicted molar refractivity (Wildman–Crippen MR) is 174 cm³/mol. The lowest BCUT2D eigenvalue weighted by Crippen LogP contribution is -2.41. The van der Waals surface area contributed by atoms with Gasteiger partial charge < -0.3 is 19.1 Å². The van der Waals surface area contributed by atoms with E-state index in [2.05, 4.69) is 130 Å². The molecule has 5 heteroatoms. The summed E-state index contributed by atoms with van der Waals surface area (Å²) in [4.78, 5) is 4.44. The Kier molecular flexibility index (Phi) is 8.02. The minimum Gasteiger partial charge on any atom is -0.399 e. The van der Waals surface area contributed by atoms with E-state index >= 15 is 0 Å². The first-order valence-electron chi connectivity index (χ1n) is 14.0. The van der Waals surface area contributed by atoms with Gasteiger partial charge in [-0.05, 0) is 99.9 Å². The zero-order valence-corrected chi connectivity index (χ0v) is 24.3. The van der Waals surface area contributed by atoms with Gasteiger partial charge in [-0.2, -0.15) is 0 Å². The van der Waals surface area contributed by atoms with E-state index < -0.39 is 18.3 Å². The lowest BCUT2D eigenvalue weighted by Gasteiger charge is -2.32. The zero-order valence-electron chi connectivity index (χ0n) is 24.3. The Morgan fingerprint density at radius 2 is 1.10 bits per heavy atom. The monoisotopic (exact) mass is 540 g/mol. The van der Waals surface area contributed by atoms with Crippen LogP contribution in [0.25, 0.3) is 0 Å². The second-order valence-corrected chi connectivity index (χ2v) is 11.1. The third-order valence-electron chi connectivity index (χ3n) is 7.77. The van der Waals surface area contributed by atoms with Gasteiger partial charge in [0, 0.05) is 34.1 Å². The molecule has 1 aliphatic rings. The van der Waals surface area contributed by atoms with Crippen LogP contribution in [0.15, 0.2) is 146 Å². The maximum Gasteiger partial charge on any atom is 0.494 e. The van der Waals surface area contributed by atoms with Gasteiger partial charge in [-0.1, -0.05) is 73.8 Å². The highest BCUT2D eigenvalue weighted by Crippen LogP contribution is 2.40. The minimum atomic E-state index is -0.541. The first-order chi connectivity index (χ1) is 19.7. The van der Waals surface area contributed by atoms with Crippen LogP contribution in [0.1, 0.15) is 27.7 Å². The van der Waals surface area contributed by atoms with Crippen molar-refractivity contribution in [1.29, 1.82) is 0 Å². The lowest BCUT2D eigenvalue weighted by atomic mass is 9.78. The second-order valence-electron chi connectivity index (χ2n) is 11.1. The van der Waals surface area contributed by atoms with Gasteiger partial charge >= 0.3 is 7.12 Å². The summed E-state index contributed by atoms with van der Waals surface area (Å²) in [6.07, 6.45) is 5.60. The lowest BCUT2D eigenvalue weighted by molar-refractivity contribution is 0.00578. The van der Waals surface area contributed by atoms with Crippen molar-refractivity contribution in [3.63, 3.8) is 0 Å². The number of rotatable bonds is 9. The van der Waals surface area contributed by atoms with Crippen molar-refractivity contribution >= 4 is 41.0 Å². The molecule has 4 aromatic rings. The van der Waals surface area contributed by atoms with Gasteiger partial charge in [0.1, 0.15) is 0 Å². The van der Waals surface area contributed by atoms with Crippen molar-refractivity contribution < 1.29 is 9.31 Å². The van der Waals surface area contributed by atoms with Crippen LogP contribution in [0.3, 0.4) is 0 Å². The molecule has 0 saturated carbocycles. The Labute approximate surface area is 245 Å². The summed E-state index contributed by atoms with van der Waals surface area (Å²) in [5, 5.41) is 0. The smallest absolute Gasteiger partial charge is 0.399 e. The molecule has 0 atom stereocenters. The molecule has 1 fully saturated rings. The molecule has 4 aromatic carbocycles. The maximum atomic E-state index is 6.56. The van der Waals surface area contributed by atoms with Crippen LogP contribution in [-0.4, -0.2) is 18.3 Å². The third kappa shape index (κ3) is 5.78. The molecule has 0 spiro atoms. The summed E-state index contributed by atoms with van der Waals surface area (Å²) >= 11 is 0. The molecule has 4 nitrogen and oxygen atoms in total. The minimum absolute atomic E-state index is 0.472. The molecular formula is C36H37BN2O2. The Balaban J connectivity index is 1.77. The average molecular weight is 541 g/mol. The summed E-state index contributed by atoms with van der Waals surface area (Å²) < 4.78 is 13.1. The topological polar surface area (TPSA) is 24.9 Å². The zero-order chi connectivity index (χ0) is 29.0. The number of anilines is 5. The van der Waals surface area contributed by atoms with E-state index in [1.54, 1.807) is 6.08 Å². The highest BCUT2D eigenvalue weighted by Gasteiger charge is 2.52. The van der Waals surface area contributed by atoms with Crippen LogP contribution < -0.4 is 15.3 Å². The fraction of sp³-hybridized carbons (Fsp3) is 0.167. The summed E-state index contributed by atoms with van der Waals surface area (Å²) in [7, 11) is -0.541. The normalized spacial score (nSPS) is 15.8. The van der Waals surface area contributed by atoms with E-state index in [-0.39, 0.29) is 0 Å². The van der Waals surface area contributed by atoms with Gasteiger partial charge in [-0.15, -0.1) is 0 Å². The molecule has 41 heavy (non-hydrogen) atoms.